The minimum Gasteiger partial charge on any atom is -0.398 e. The summed E-state index contributed by atoms with van der Waals surface area (Å²) >= 11 is 0. The lowest BCUT2D eigenvalue weighted by Crippen LogP contribution is -1.97. The quantitative estimate of drug-likeness (QED) is 0.813. The molecule has 0 radical (unpaired) electrons. The second-order valence-corrected chi connectivity index (χ2v) is 3.65. The van der Waals surface area contributed by atoms with Crippen molar-refractivity contribution in [2.45, 2.75) is 34.1 Å². The highest BCUT2D eigenvalue weighted by Gasteiger charge is 2.08. The molecule has 17 heavy (non-hydrogen) atoms. The van der Waals surface area contributed by atoms with Crippen molar-refractivity contribution in [3.8, 4) is 0 Å². The number of aryl methyl sites for hydroxylation is 2. The van der Waals surface area contributed by atoms with E-state index in [1.807, 2.05) is 26.8 Å². The number of hydrogen-bond donors (Lipinski definition) is 1. The van der Waals surface area contributed by atoms with Crippen LogP contribution in [0, 0.1) is 12.7 Å². The van der Waals surface area contributed by atoms with Crippen LogP contribution in [0.25, 0.3) is 10.9 Å². The number of benzene rings is 1. The number of nitrogens with zero attached hydrogens (tertiary/aromatic N) is 1. The lowest BCUT2D eigenvalue weighted by Gasteiger charge is -2.07. The van der Waals surface area contributed by atoms with Gasteiger partial charge in [-0.1, -0.05) is 32.9 Å². The molecule has 1 aromatic carbocycles. The molecule has 2 rings (SSSR count). The molecular formula is C14H19FN2. The Morgan fingerprint density at radius 2 is 1.94 bits per heavy atom. The van der Waals surface area contributed by atoms with E-state index in [2.05, 4.69) is 4.98 Å². The van der Waals surface area contributed by atoms with Crippen LogP contribution in [-0.2, 0) is 6.42 Å². The summed E-state index contributed by atoms with van der Waals surface area (Å²) < 4.78 is 13.8. The topological polar surface area (TPSA) is 38.9 Å². The van der Waals surface area contributed by atoms with Gasteiger partial charge in [0.1, 0.15) is 5.52 Å². The molecule has 0 saturated carbocycles. The molecular weight excluding hydrogens is 215 g/mol. The predicted octanol–water partition coefficient (Wildman–Crippen LogP) is 3.85. The zero-order valence-corrected chi connectivity index (χ0v) is 10.8. The number of hydrogen-bond acceptors (Lipinski definition) is 2. The minimum absolute atomic E-state index is 0.269. The maximum Gasteiger partial charge on any atom is 0.152 e. The van der Waals surface area contributed by atoms with E-state index in [9.17, 15) is 4.39 Å². The van der Waals surface area contributed by atoms with Gasteiger partial charge in [-0.2, -0.15) is 0 Å². The molecule has 2 N–H and O–H groups in total. The number of pyridine rings is 1. The lowest BCUT2D eigenvalue weighted by atomic mass is 10.1. The van der Waals surface area contributed by atoms with E-state index in [0.29, 0.717) is 22.2 Å². The van der Waals surface area contributed by atoms with E-state index in [1.165, 1.54) is 0 Å². The van der Waals surface area contributed by atoms with Gasteiger partial charge in [-0.3, -0.25) is 0 Å². The Balaban J connectivity index is 0.000000686. The number of aromatic nitrogens is 1. The number of halogens is 1. The summed E-state index contributed by atoms with van der Waals surface area (Å²) in [5, 5.41) is 0.690. The minimum atomic E-state index is -0.269. The van der Waals surface area contributed by atoms with Gasteiger partial charge in [-0.05, 0) is 25.0 Å². The van der Waals surface area contributed by atoms with Crippen LogP contribution in [0.1, 0.15) is 32.0 Å². The van der Waals surface area contributed by atoms with E-state index in [1.54, 1.807) is 19.1 Å². The molecule has 0 amide bonds. The van der Waals surface area contributed by atoms with Gasteiger partial charge < -0.3 is 5.73 Å². The number of fused-ring (bicyclic) bond motifs is 1. The van der Waals surface area contributed by atoms with Crippen LogP contribution in [0.4, 0.5) is 10.1 Å². The average Bonchev–Trinajstić information content (AvgIpc) is 2.36. The molecule has 0 unspecified atom stereocenters. The number of nitrogen functional groups attached to an aromatic ring is 1. The average molecular weight is 234 g/mol. The third-order valence-corrected chi connectivity index (χ3v) is 2.56. The molecule has 0 aliphatic carbocycles. The number of nitrogens with two attached hydrogens (primary N) is 1. The van der Waals surface area contributed by atoms with Gasteiger partial charge in [0.15, 0.2) is 5.82 Å². The molecule has 0 atom stereocenters. The van der Waals surface area contributed by atoms with Crippen molar-refractivity contribution in [1.29, 1.82) is 0 Å². The molecule has 2 nitrogen and oxygen atoms in total. The number of anilines is 1. The Kier molecular flexibility index (Phi) is 4.44. The fraction of sp³-hybridized carbons (Fsp3) is 0.357. The van der Waals surface area contributed by atoms with Gasteiger partial charge >= 0.3 is 0 Å². The third kappa shape index (κ3) is 2.54. The largest absolute Gasteiger partial charge is 0.398 e. The van der Waals surface area contributed by atoms with Crippen LogP contribution >= 0.6 is 0 Å². The lowest BCUT2D eigenvalue weighted by molar-refractivity contribution is 0.627. The van der Waals surface area contributed by atoms with E-state index in [0.717, 1.165) is 12.1 Å². The van der Waals surface area contributed by atoms with Gasteiger partial charge in [-0.25, -0.2) is 9.37 Å². The van der Waals surface area contributed by atoms with Crippen molar-refractivity contribution in [2.75, 3.05) is 5.73 Å². The predicted molar refractivity (Wildman–Crippen MR) is 71.6 cm³/mol. The van der Waals surface area contributed by atoms with E-state index < -0.39 is 0 Å². The van der Waals surface area contributed by atoms with Crippen LogP contribution in [0.2, 0.25) is 0 Å². The summed E-state index contributed by atoms with van der Waals surface area (Å²) in [5.41, 5.74) is 8.24. The van der Waals surface area contributed by atoms with Crippen molar-refractivity contribution in [3.05, 3.63) is 35.3 Å². The van der Waals surface area contributed by atoms with E-state index in [4.69, 9.17) is 5.73 Å². The van der Waals surface area contributed by atoms with Gasteiger partial charge in [0.25, 0.3) is 0 Å². The Bertz CT molecular complexity index is 521. The van der Waals surface area contributed by atoms with Gasteiger partial charge in [0.05, 0.1) is 0 Å². The fourth-order valence-electron chi connectivity index (χ4n) is 1.62. The van der Waals surface area contributed by atoms with Gasteiger partial charge in [0.2, 0.25) is 0 Å². The second kappa shape index (κ2) is 5.62. The Morgan fingerprint density at radius 1 is 1.29 bits per heavy atom. The van der Waals surface area contributed by atoms with E-state index in [-0.39, 0.29) is 5.82 Å². The van der Waals surface area contributed by atoms with Gasteiger partial charge in [0, 0.05) is 16.8 Å². The molecule has 0 saturated heterocycles. The van der Waals surface area contributed by atoms with Crippen molar-refractivity contribution < 1.29 is 4.39 Å². The first-order valence-electron chi connectivity index (χ1n) is 5.97. The smallest absolute Gasteiger partial charge is 0.152 e. The van der Waals surface area contributed by atoms with Crippen LogP contribution in [0.3, 0.4) is 0 Å². The molecule has 1 heterocycles. The fourth-order valence-corrected chi connectivity index (χ4v) is 1.62. The van der Waals surface area contributed by atoms with Crippen molar-refractivity contribution >= 4 is 16.6 Å². The monoisotopic (exact) mass is 234 g/mol. The standard InChI is InChI=1S/C12H13FN2.C2H6/c1-3-8-6-10(14)9-5-4-7(2)11(13)12(9)15-8;1-2/h4-6H,3H2,1-2H3,(H2,14,15);1-2H3. The Labute approximate surface area is 102 Å². The molecule has 0 spiro atoms. The van der Waals surface area contributed by atoms with Crippen molar-refractivity contribution in [2.24, 2.45) is 0 Å². The Morgan fingerprint density at radius 3 is 2.53 bits per heavy atom. The molecule has 0 fully saturated rings. The Hall–Kier alpha value is -1.64. The first-order chi connectivity index (χ1) is 8.13. The van der Waals surface area contributed by atoms with Crippen LogP contribution < -0.4 is 5.73 Å². The summed E-state index contributed by atoms with van der Waals surface area (Å²) in [7, 11) is 0. The maximum atomic E-state index is 13.8. The first-order valence-corrected chi connectivity index (χ1v) is 5.97. The first kappa shape index (κ1) is 13.4. The van der Waals surface area contributed by atoms with Crippen molar-refractivity contribution in [1.82, 2.24) is 4.98 Å². The summed E-state index contributed by atoms with van der Waals surface area (Å²) in [5.74, 6) is -0.269. The highest BCUT2D eigenvalue weighted by Crippen LogP contribution is 2.24. The van der Waals surface area contributed by atoms with Crippen LogP contribution in [-0.4, -0.2) is 4.98 Å². The molecule has 0 bridgehead atoms. The zero-order chi connectivity index (χ0) is 13.0. The molecule has 0 aliphatic heterocycles. The zero-order valence-electron chi connectivity index (χ0n) is 10.8. The molecule has 2 aromatic rings. The van der Waals surface area contributed by atoms with Crippen LogP contribution in [0.5, 0.6) is 0 Å². The second-order valence-electron chi connectivity index (χ2n) is 3.65. The summed E-state index contributed by atoms with van der Waals surface area (Å²) in [6, 6.07) is 5.34. The summed E-state index contributed by atoms with van der Waals surface area (Å²) in [4.78, 5) is 4.26. The normalized spacial score (nSPS) is 9.94. The molecule has 1 aromatic heterocycles. The molecule has 92 valence electrons. The number of rotatable bonds is 1. The highest BCUT2D eigenvalue weighted by molar-refractivity contribution is 5.91. The van der Waals surface area contributed by atoms with Gasteiger partial charge in [-0.15, -0.1) is 0 Å². The SMILES string of the molecule is CC.CCc1cc(N)c2ccc(C)c(F)c2n1. The summed E-state index contributed by atoms with van der Waals surface area (Å²) in [6.07, 6.45) is 0.757. The van der Waals surface area contributed by atoms with Crippen LogP contribution in [0.15, 0.2) is 18.2 Å². The highest BCUT2D eigenvalue weighted by atomic mass is 19.1. The summed E-state index contributed by atoms with van der Waals surface area (Å²) in [6.45, 7) is 7.70. The maximum absolute atomic E-state index is 13.8. The van der Waals surface area contributed by atoms with Crippen molar-refractivity contribution in [3.63, 3.8) is 0 Å². The van der Waals surface area contributed by atoms with E-state index >= 15 is 0 Å². The molecule has 3 heteroatoms. The molecule has 0 aliphatic rings. The third-order valence-electron chi connectivity index (χ3n) is 2.56.